The number of aromatic hydroxyl groups is 1. The summed E-state index contributed by atoms with van der Waals surface area (Å²) in [5.41, 5.74) is 12.8. The number of carbonyl (C=O) groups is 4. The molecule has 0 saturated carbocycles. The molecule has 0 heterocycles. The highest BCUT2D eigenvalue weighted by molar-refractivity contribution is 6.01. The topological polar surface area (TPSA) is 177 Å². The largest absolute Gasteiger partial charge is 0.508 e. The van der Waals surface area contributed by atoms with Crippen molar-refractivity contribution in [2.24, 2.45) is 11.5 Å². The number of nitrogens with one attached hydrogen (secondary N) is 3. The van der Waals surface area contributed by atoms with Crippen LogP contribution in [0.3, 0.4) is 0 Å². The van der Waals surface area contributed by atoms with Crippen LogP contribution in [0.15, 0.2) is 54.6 Å². The van der Waals surface area contributed by atoms with E-state index in [0.29, 0.717) is 5.56 Å². The van der Waals surface area contributed by atoms with Gasteiger partial charge < -0.3 is 27.2 Å². The summed E-state index contributed by atoms with van der Waals surface area (Å²) >= 11 is 0. The number of carbonyl (C=O) groups excluding carboxylic acids is 4. The van der Waals surface area contributed by atoms with Crippen molar-refractivity contribution in [3.05, 3.63) is 65.7 Å². The number of phenols is 1. The maximum atomic E-state index is 12.8. The number of hydrogen-bond donors (Lipinski definition) is 6. The Labute approximate surface area is 191 Å². The standard InChI is InChI=1S/C23H29N5O5/c1-14(24)21(31)26-13-20(30)27-19(12-15-5-3-2-4-6-15)23(33)28-22(32)18(25)11-16-7-9-17(29)10-8-16/h2-10,14,18-19,29H,11-13,24-25H2,1H3,(H,26,31)(H,27,30)(H,28,32,33)/t14-,18-,19-/m0/s1. The Bertz CT molecular complexity index is 963. The van der Waals surface area contributed by atoms with Gasteiger partial charge in [0.1, 0.15) is 11.8 Å². The number of hydrogen-bond acceptors (Lipinski definition) is 7. The van der Waals surface area contributed by atoms with Crippen LogP contribution in [0.2, 0.25) is 0 Å². The van der Waals surface area contributed by atoms with Crippen molar-refractivity contribution in [2.45, 2.75) is 37.9 Å². The molecule has 0 spiro atoms. The SMILES string of the molecule is C[C@H](N)C(=O)NCC(=O)N[C@@H](Cc1ccccc1)C(=O)NC(=O)[C@@H](N)Cc1ccc(O)cc1. The molecule has 8 N–H and O–H groups in total. The minimum absolute atomic E-state index is 0.0866. The zero-order valence-electron chi connectivity index (χ0n) is 18.3. The summed E-state index contributed by atoms with van der Waals surface area (Å²) in [7, 11) is 0. The molecular weight excluding hydrogens is 426 g/mol. The van der Waals surface area contributed by atoms with Crippen molar-refractivity contribution in [2.75, 3.05) is 6.54 Å². The van der Waals surface area contributed by atoms with Crippen LogP contribution in [0.1, 0.15) is 18.1 Å². The van der Waals surface area contributed by atoms with Crippen LogP contribution in [0.5, 0.6) is 5.75 Å². The van der Waals surface area contributed by atoms with Crippen LogP contribution in [0.25, 0.3) is 0 Å². The first-order valence-corrected chi connectivity index (χ1v) is 10.4. The molecule has 0 aliphatic heterocycles. The lowest BCUT2D eigenvalue weighted by Crippen LogP contribution is -2.54. The molecule has 0 fully saturated rings. The van der Waals surface area contributed by atoms with Gasteiger partial charge in [-0.2, -0.15) is 0 Å². The minimum atomic E-state index is -1.07. The zero-order valence-corrected chi connectivity index (χ0v) is 18.3. The van der Waals surface area contributed by atoms with Crippen LogP contribution in [-0.2, 0) is 32.0 Å². The van der Waals surface area contributed by atoms with Gasteiger partial charge in [0.05, 0.1) is 18.6 Å². The summed E-state index contributed by atoms with van der Waals surface area (Å²) in [6.45, 7) is 1.11. The number of imide groups is 1. The minimum Gasteiger partial charge on any atom is -0.508 e. The zero-order chi connectivity index (χ0) is 24.4. The third kappa shape index (κ3) is 8.71. The fraction of sp³-hybridized carbons (Fsp3) is 0.304. The Morgan fingerprint density at radius 2 is 1.45 bits per heavy atom. The molecular formula is C23H29N5O5. The van der Waals surface area contributed by atoms with Gasteiger partial charge in [-0.05, 0) is 36.6 Å². The second-order valence-electron chi connectivity index (χ2n) is 7.65. The monoisotopic (exact) mass is 455 g/mol. The van der Waals surface area contributed by atoms with Crippen molar-refractivity contribution in [3.63, 3.8) is 0 Å². The Morgan fingerprint density at radius 1 is 0.848 bits per heavy atom. The first-order valence-electron chi connectivity index (χ1n) is 10.4. The summed E-state index contributed by atoms with van der Waals surface area (Å²) in [5, 5.41) is 16.5. The Morgan fingerprint density at radius 3 is 2.06 bits per heavy atom. The van der Waals surface area contributed by atoms with Gasteiger partial charge in [-0.1, -0.05) is 42.5 Å². The van der Waals surface area contributed by atoms with Gasteiger partial charge in [0.15, 0.2) is 0 Å². The van der Waals surface area contributed by atoms with E-state index in [9.17, 15) is 24.3 Å². The van der Waals surface area contributed by atoms with Crippen molar-refractivity contribution in [3.8, 4) is 5.75 Å². The Kier molecular flexibility index (Phi) is 9.52. The third-order valence-corrected chi connectivity index (χ3v) is 4.75. The summed E-state index contributed by atoms with van der Waals surface area (Å²) in [5.74, 6) is -2.46. The van der Waals surface area contributed by atoms with E-state index in [-0.39, 0.29) is 25.1 Å². The highest BCUT2D eigenvalue weighted by Gasteiger charge is 2.25. The molecule has 2 aromatic rings. The normalized spacial score (nSPS) is 13.3. The number of nitrogens with two attached hydrogens (primary N) is 2. The molecule has 0 unspecified atom stereocenters. The number of phenolic OH excluding ortho intramolecular Hbond substituents is 1. The predicted octanol–water partition coefficient (Wildman–Crippen LogP) is -0.904. The number of amides is 4. The number of benzene rings is 2. The van der Waals surface area contributed by atoms with E-state index in [1.54, 1.807) is 36.4 Å². The van der Waals surface area contributed by atoms with Crippen LogP contribution in [-0.4, -0.2) is 53.4 Å². The fourth-order valence-electron chi connectivity index (χ4n) is 2.91. The van der Waals surface area contributed by atoms with Gasteiger partial charge in [-0.3, -0.25) is 24.5 Å². The van der Waals surface area contributed by atoms with Crippen molar-refractivity contribution >= 4 is 23.6 Å². The molecule has 33 heavy (non-hydrogen) atoms. The molecule has 2 rings (SSSR count). The smallest absolute Gasteiger partial charge is 0.249 e. The van der Waals surface area contributed by atoms with Gasteiger partial charge in [0.25, 0.3) is 0 Å². The van der Waals surface area contributed by atoms with E-state index in [0.717, 1.165) is 5.56 Å². The fourth-order valence-corrected chi connectivity index (χ4v) is 2.91. The average Bonchev–Trinajstić information content (AvgIpc) is 2.79. The number of rotatable bonds is 10. The Balaban J connectivity index is 2.02. The first kappa shape index (κ1) is 25.5. The average molecular weight is 456 g/mol. The highest BCUT2D eigenvalue weighted by atomic mass is 16.3. The van der Waals surface area contributed by atoms with E-state index in [2.05, 4.69) is 16.0 Å². The molecule has 0 bridgehead atoms. The maximum absolute atomic E-state index is 12.8. The van der Waals surface area contributed by atoms with Gasteiger partial charge in [-0.15, -0.1) is 0 Å². The van der Waals surface area contributed by atoms with E-state index in [1.165, 1.54) is 19.1 Å². The van der Waals surface area contributed by atoms with Crippen LogP contribution < -0.4 is 27.4 Å². The first-order chi connectivity index (χ1) is 15.7. The molecule has 10 heteroatoms. The van der Waals surface area contributed by atoms with Gasteiger partial charge in [0, 0.05) is 6.42 Å². The summed E-state index contributed by atoms with van der Waals surface area (Å²) < 4.78 is 0. The third-order valence-electron chi connectivity index (χ3n) is 4.75. The Hall–Kier alpha value is -3.76. The van der Waals surface area contributed by atoms with E-state index >= 15 is 0 Å². The van der Waals surface area contributed by atoms with E-state index in [4.69, 9.17) is 11.5 Å². The molecule has 0 aliphatic rings. The predicted molar refractivity (Wildman–Crippen MR) is 122 cm³/mol. The van der Waals surface area contributed by atoms with Gasteiger partial charge >= 0.3 is 0 Å². The summed E-state index contributed by atoms with van der Waals surface area (Å²) in [4.78, 5) is 49.1. The lowest BCUT2D eigenvalue weighted by Gasteiger charge is -2.20. The molecule has 0 aromatic heterocycles. The molecule has 0 aliphatic carbocycles. The molecule has 4 amide bonds. The maximum Gasteiger partial charge on any atom is 0.249 e. The van der Waals surface area contributed by atoms with Crippen molar-refractivity contribution < 1.29 is 24.3 Å². The molecule has 0 radical (unpaired) electrons. The quantitative estimate of drug-likeness (QED) is 0.269. The molecule has 2 aromatic carbocycles. The second kappa shape index (κ2) is 12.3. The highest BCUT2D eigenvalue weighted by Crippen LogP contribution is 2.11. The van der Waals surface area contributed by atoms with Crippen LogP contribution in [0, 0.1) is 0 Å². The second-order valence-corrected chi connectivity index (χ2v) is 7.65. The van der Waals surface area contributed by atoms with Crippen molar-refractivity contribution in [1.82, 2.24) is 16.0 Å². The van der Waals surface area contributed by atoms with Crippen LogP contribution >= 0.6 is 0 Å². The molecule has 0 saturated heterocycles. The van der Waals surface area contributed by atoms with Gasteiger partial charge in [0.2, 0.25) is 23.6 Å². The van der Waals surface area contributed by atoms with Crippen molar-refractivity contribution in [1.29, 1.82) is 0 Å². The van der Waals surface area contributed by atoms with E-state index < -0.39 is 41.8 Å². The summed E-state index contributed by atoms with van der Waals surface area (Å²) in [6.07, 6.45) is 0.276. The van der Waals surface area contributed by atoms with E-state index in [1.807, 2.05) is 6.07 Å². The lowest BCUT2D eigenvalue weighted by atomic mass is 10.0. The lowest BCUT2D eigenvalue weighted by molar-refractivity contribution is -0.134. The molecule has 176 valence electrons. The van der Waals surface area contributed by atoms with Gasteiger partial charge in [-0.25, -0.2) is 0 Å². The molecule has 3 atom stereocenters. The molecule has 10 nitrogen and oxygen atoms in total. The van der Waals surface area contributed by atoms with Crippen LogP contribution in [0.4, 0.5) is 0 Å². The summed E-state index contributed by atoms with van der Waals surface area (Å²) in [6, 6.07) is 12.3.